The first-order valence-corrected chi connectivity index (χ1v) is 7.48. The van der Waals surface area contributed by atoms with Crippen LogP contribution in [0.2, 0.25) is 0 Å². The largest absolute Gasteiger partial charge is 0.481 e. The first kappa shape index (κ1) is 16.7. The van der Waals surface area contributed by atoms with E-state index in [2.05, 4.69) is 5.32 Å². The Hall–Kier alpha value is -2.63. The van der Waals surface area contributed by atoms with Crippen LogP contribution in [0.1, 0.15) is 30.1 Å². The van der Waals surface area contributed by atoms with Crippen LogP contribution in [-0.4, -0.2) is 29.6 Å². The molecule has 0 saturated heterocycles. The molecule has 0 spiro atoms. The van der Waals surface area contributed by atoms with Crippen LogP contribution in [0.25, 0.3) is 0 Å². The molecule has 1 aliphatic carbocycles. The number of hydrogen-bond donors (Lipinski definition) is 2. The Balaban J connectivity index is 2.03. The van der Waals surface area contributed by atoms with E-state index >= 15 is 0 Å². The second kappa shape index (κ2) is 7.58. The number of amides is 1. The van der Waals surface area contributed by atoms with E-state index in [1.165, 1.54) is 0 Å². The average Bonchev–Trinajstić information content (AvgIpc) is 2.55. The van der Waals surface area contributed by atoms with E-state index in [-0.39, 0.29) is 5.91 Å². The number of carbonyl (C=O) groups is 3. The maximum Gasteiger partial charge on any atom is 0.338 e. The predicted octanol–water partition coefficient (Wildman–Crippen LogP) is 2.47. The zero-order valence-electron chi connectivity index (χ0n) is 12.8. The first-order valence-electron chi connectivity index (χ1n) is 7.48. The molecule has 1 amide bonds. The minimum atomic E-state index is -0.966. The van der Waals surface area contributed by atoms with Gasteiger partial charge < -0.3 is 15.2 Å². The molecule has 1 aliphatic rings. The summed E-state index contributed by atoms with van der Waals surface area (Å²) >= 11 is 0. The van der Waals surface area contributed by atoms with Crippen molar-refractivity contribution in [2.45, 2.75) is 19.8 Å². The number of benzene rings is 1. The van der Waals surface area contributed by atoms with Gasteiger partial charge in [-0.3, -0.25) is 9.59 Å². The second-order valence-electron chi connectivity index (χ2n) is 5.28. The van der Waals surface area contributed by atoms with Crippen LogP contribution in [0.4, 0.5) is 5.69 Å². The Kier molecular flexibility index (Phi) is 5.51. The van der Waals surface area contributed by atoms with Gasteiger partial charge >= 0.3 is 11.9 Å². The van der Waals surface area contributed by atoms with Gasteiger partial charge in [0.2, 0.25) is 5.91 Å². The van der Waals surface area contributed by atoms with Crippen LogP contribution >= 0.6 is 0 Å². The van der Waals surface area contributed by atoms with Crippen molar-refractivity contribution in [2.24, 2.45) is 11.8 Å². The Bertz CT molecular complexity index is 620. The lowest BCUT2D eigenvalue weighted by atomic mass is 9.82. The van der Waals surface area contributed by atoms with Crippen molar-refractivity contribution in [2.75, 3.05) is 11.9 Å². The maximum absolute atomic E-state index is 12.3. The number of carboxylic acid groups (broad SMARTS) is 1. The van der Waals surface area contributed by atoms with Gasteiger partial charge in [0.05, 0.1) is 24.0 Å². The van der Waals surface area contributed by atoms with Crippen molar-refractivity contribution in [3.8, 4) is 0 Å². The van der Waals surface area contributed by atoms with Gasteiger partial charge in [-0.25, -0.2) is 4.79 Å². The van der Waals surface area contributed by atoms with E-state index in [9.17, 15) is 19.5 Å². The third kappa shape index (κ3) is 4.18. The summed E-state index contributed by atoms with van der Waals surface area (Å²) in [6.07, 6.45) is 4.38. The van der Waals surface area contributed by atoms with Crippen LogP contribution < -0.4 is 5.32 Å². The van der Waals surface area contributed by atoms with Gasteiger partial charge in [0.25, 0.3) is 0 Å². The molecule has 122 valence electrons. The van der Waals surface area contributed by atoms with Crippen molar-refractivity contribution in [1.82, 2.24) is 0 Å². The molecule has 0 saturated carbocycles. The molecule has 0 heterocycles. The molecule has 2 rings (SSSR count). The number of hydrogen-bond acceptors (Lipinski definition) is 4. The minimum Gasteiger partial charge on any atom is -0.481 e. The van der Waals surface area contributed by atoms with Gasteiger partial charge in [-0.15, -0.1) is 0 Å². The normalized spacial score (nSPS) is 19.9. The number of esters is 1. The third-order valence-electron chi connectivity index (χ3n) is 3.75. The Morgan fingerprint density at radius 1 is 1.13 bits per heavy atom. The van der Waals surface area contributed by atoms with Gasteiger partial charge in [0, 0.05) is 5.69 Å². The number of nitrogens with one attached hydrogen (secondary N) is 1. The van der Waals surface area contributed by atoms with Gasteiger partial charge in [-0.2, -0.15) is 0 Å². The van der Waals surface area contributed by atoms with Crippen molar-refractivity contribution < 1.29 is 24.2 Å². The molecule has 0 radical (unpaired) electrons. The minimum absolute atomic E-state index is 0.295. The molecule has 2 unspecified atom stereocenters. The average molecular weight is 317 g/mol. The number of allylic oxidation sites excluding steroid dienone is 2. The summed E-state index contributed by atoms with van der Waals surface area (Å²) in [6, 6.07) is 6.31. The lowest BCUT2D eigenvalue weighted by Gasteiger charge is -2.24. The molecular weight excluding hydrogens is 298 g/mol. The van der Waals surface area contributed by atoms with E-state index in [1.807, 2.05) is 6.08 Å². The summed E-state index contributed by atoms with van der Waals surface area (Å²) in [5.74, 6) is -3.02. The summed E-state index contributed by atoms with van der Waals surface area (Å²) in [6.45, 7) is 2.02. The van der Waals surface area contributed by atoms with Crippen molar-refractivity contribution >= 4 is 23.5 Å². The number of rotatable bonds is 5. The summed E-state index contributed by atoms with van der Waals surface area (Å²) in [5, 5.41) is 11.9. The fraction of sp³-hybridized carbons (Fsp3) is 0.353. The molecule has 2 atom stereocenters. The van der Waals surface area contributed by atoms with Crippen LogP contribution in [0, 0.1) is 11.8 Å². The SMILES string of the molecule is CCOC(=O)c1ccc(NC(=O)C2CC=CCC2C(=O)O)cc1. The van der Waals surface area contributed by atoms with Crippen LogP contribution in [0.3, 0.4) is 0 Å². The van der Waals surface area contributed by atoms with Crippen molar-refractivity contribution in [1.29, 1.82) is 0 Å². The topological polar surface area (TPSA) is 92.7 Å². The fourth-order valence-corrected chi connectivity index (χ4v) is 2.52. The highest BCUT2D eigenvalue weighted by molar-refractivity contribution is 5.96. The summed E-state index contributed by atoms with van der Waals surface area (Å²) in [7, 11) is 0. The van der Waals surface area contributed by atoms with Crippen LogP contribution in [-0.2, 0) is 14.3 Å². The maximum atomic E-state index is 12.3. The van der Waals surface area contributed by atoms with E-state index in [0.717, 1.165) is 0 Å². The molecule has 0 fully saturated rings. The van der Waals surface area contributed by atoms with Crippen molar-refractivity contribution in [3.05, 3.63) is 42.0 Å². The monoisotopic (exact) mass is 317 g/mol. The van der Waals surface area contributed by atoms with Gasteiger partial charge in [-0.05, 0) is 44.0 Å². The zero-order chi connectivity index (χ0) is 16.8. The molecule has 2 N–H and O–H groups in total. The molecule has 1 aromatic carbocycles. The summed E-state index contributed by atoms with van der Waals surface area (Å²) < 4.78 is 4.89. The quantitative estimate of drug-likeness (QED) is 0.643. The number of aliphatic carboxylic acids is 1. The fourth-order valence-electron chi connectivity index (χ4n) is 2.52. The highest BCUT2D eigenvalue weighted by Crippen LogP contribution is 2.27. The molecular formula is C17H19NO5. The predicted molar refractivity (Wildman–Crippen MR) is 84.0 cm³/mol. The number of carbonyl (C=O) groups excluding carboxylic acids is 2. The lowest BCUT2D eigenvalue weighted by Crippen LogP contribution is -2.34. The number of anilines is 1. The highest BCUT2D eigenvalue weighted by Gasteiger charge is 2.33. The molecule has 1 aromatic rings. The van der Waals surface area contributed by atoms with Crippen LogP contribution in [0.5, 0.6) is 0 Å². The van der Waals surface area contributed by atoms with E-state index in [1.54, 1.807) is 37.3 Å². The third-order valence-corrected chi connectivity index (χ3v) is 3.75. The standard InChI is InChI=1S/C17H19NO5/c1-2-23-17(22)11-7-9-12(10-8-11)18-15(19)13-5-3-4-6-14(13)16(20)21/h3-4,7-10,13-14H,2,5-6H2,1H3,(H,18,19)(H,20,21). The molecule has 6 nitrogen and oxygen atoms in total. The summed E-state index contributed by atoms with van der Waals surface area (Å²) in [4.78, 5) is 35.1. The van der Waals surface area contributed by atoms with Gasteiger partial charge in [0.1, 0.15) is 0 Å². The number of ether oxygens (including phenoxy) is 1. The molecule has 0 aliphatic heterocycles. The Labute approximate surface area is 134 Å². The molecule has 23 heavy (non-hydrogen) atoms. The summed E-state index contributed by atoms with van der Waals surface area (Å²) in [5.41, 5.74) is 0.913. The zero-order valence-corrected chi connectivity index (χ0v) is 12.8. The van der Waals surface area contributed by atoms with Crippen LogP contribution in [0.15, 0.2) is 36.4 Å². The van der Waals surface area contributed by atoms with Crippen molar-refractivity contribution in [3.63, 3.8) is 0 Å². The van der Waals surface area contributed by atoms with E-state index in [0.29, 0.717) is 30.7 Å². The Morgan fingerprint density at radius 2 is 1.74 bits per heavy atom. The van der Waals surface area contributed by atoms with Gasteiger partial charge in [0.15, 0.2) is 0 Å². The van der Waals surface area contributed by atoms with E-state index in [4.69, 9.17) is 4.74 Å². The molecule has 0 bridgehead atoms. The number of carboxylic acids is 1. The molecule has 0 aromatic heterocycles. The molecule has 6 heteroatoms. The first-order chi connectivity index (χ1) is 11.0. The smallest absolute Gasteiger partial charge is 0.338 e. The Morgan fingerprint density at radius 3 is 2.30 bits per heavy atom. The highest BCUT2D eigenvalue weighted by atomic mass is 16.5. The van der Waals surface area contributed by atoms with E-state index < -0.39 is 23.8 Å². The lowest BCUT2D eigenvalue weighted by molar-refractivity contribution is -0.146. The van der Waals surface area contributed by atoms with Gasteiger partial charge in [-0.1, -0.05) is 12.2 Å². The second-order valence-corrected chi connectivity index (χ2v) is 5.28.